The van der Waals surface area contributed by atoms with Crippen molar-refractivity contribution in [1.29, 1.82) is 0 Å². The average Bonchev–Trinajstić information content (AvgIpc) is 2.52. The molecule has 1 heterocycles. The number of hydrogen-bond acceptors (Lipinski definition) is 3. The Labute approximate surface area is 81.4 Å². The lowest BCUT2D eigenvalue weighted by Crippen LogP contribution is -2.31. The van der Waals surface area contributed by atoms with E-state index in [2.05, 4.69) is 5.32 Å². The Morgan fingerprint density at radius 1 is 1.69 bits per heavy atom. The molecule has 0 aliphatic heterocycles. The molecule has 0 spiro atoms. The first-order chi connectivity index (χ1) is 6.02. The predicted octanol–water partition coefficient (Wildman–Crippen LogP) is 2.27. The van der Waals surface area contributed by atoms with Crippen molar-refractivity contribution in [3.63, 3.8) is 0 Å². The molecule has 0 radical (unpaired) electrons. The summed E-state index contributed by atoms with van der Waals surface area (Å²) in [4.78, 5) is 10.7. The number of aliphatic carboxylic acids is 1. The molecule has 1 aromatic heterocycles. The molecular weight excluding hydrogens is 186 g/mol. The van der Waals surface area contributed by atoms with E-state index in [0.29, 0.717) is 6.54 Å². The van der Waals surface area contributed by atoms with Crippen molar-refractivity contribution in [2.24, 2.45) is 5.41 Å². The maximum absolute atomic E-state index is 10.7. The number of nitrogens with one attached hydrogen (secondary N) is 1. The average molecular weight is 199 g/mol. The van der Waals surface area contributed by atoms with Crippen LogP contribution in [0.3, 0.4) is 0 Å². The quantitative estimate of drug-likeness (QED) is 0.782. The molecule has 0 atom stereocenters. The molecule has 0 fully saturated rings. The molecule has 2 N–H and O–H groups in total. The molecule has 13 heavy (non-hydrogen) atoms. The third-order valence-electron chi connectivity index (χ3n) is 1.83. The van der Waals surface area contributed by atoms with Gasteiger partial charge < -0.3 is 10.4 Å². The Morgan fingerprint density at radius 3 is 2.85 bits per heavy atom. The molecule has 0 saturated carbocycles. The van der Waals surface area contributed by atoms with Gasteiger partial charge in [0.15, 0.2) is 0 Å². The number of anilines is 1. The van der Waals surface area contributed by atoms with Gasteiger partial charge in [-0.25, -0.2) is 0 Å². The zero-order chi connectivity index (χ0) is 9.90. The van der Waals surface area contributed by atoms with Gasteiger partial charge >= 0.3 is 5.97 Å². The van der Waals surface area contributed by atoms with Gasteiger partial charge in [0.1, 0.15) is 0 Å². The number of rotatable bonds is 4. The van der Waals surface area contributed by atoms with Gasteiger partial charge in [-0.2, -0.15) is 11.3 Å². The van der Waals surface area contributed by atoms with E-state index in [1.807, 2.05) is 16.8 Å². The van der Waals surface area contributed by atoms with E-state index < -0.39 is 11.4 Å². The Kier molecular flexibility index (Phi) is 2.93. The van der Waals surface area contributed by atoms with Crippen molar-refractivity contribution in [3.8, 4) is 0 Å². The van der Waals surface area contributed by atoms with Gasteiger partial charge in [-0.1, -0.05) is 0 Å². The fourth-order valence-electron chi connectivity index (χ4n) is 0.764. The molecule has 0 bridgehead atoms. The van der Waals surface area contributed by atoms with E-state index in [-0.39, 0.29) is 0 Å². The summed E-state index contributed by atoms with van der Waals surface area (Å²) in [5.74, 6) is -0.782. The van der Waals surface area contributed by atoms with Gasteiger partial charge in [0.05, 0.1) is 5.41 Å². The first-order valence-corrected chi connectivity index (χ1v) is 4.96. The first kappa shape index (κ1) is 10.1. The lowest BCUT2D eigenvalue weighted by Gasteiger charge is -2.19. The first-order valence-electron chi connectivity index (χ1n) is 4.02. The van der Waals surface area contributed by atoms with Gasteiger partial charge in [-0.15, -0.1) is 0 Å². The maximum atomic E-state index is 10.7. The predicted molar refractivity (Wildman–Crippen MR) is 54.2 cm³/mol. The standard InChI is InChI=1S/C9H13NO2S/c1-9(2,8(11)12)6-10-7-3-4-13-5-7/h3-5,10H,6H2,1-2H3,(H,11,12). The minimum atomic E-state index is -0.782. The van der Waals surface area contributed by atoms with E-state index in [4.69, 9.17) is 5.11 Å². The molecule has 0 aliphatic carbocycles. The van der Waals surface area contributed by atoms with Gasteiger partial charge in [0.25, 0.3) is 0 Å². The second-order valence-corrected chi connectivity index (χ2v) is 4.33. The van der Waals surface area contributed by atoms with Crippen LogP contribution in [0.2, 0.25) is 0 Å². The van der Waals surface area contributed by atoms with Crippen molar-refractivity contribution in [2.45, 2.75) is 13.8 Å². The van der Waals surface area contributed by atoms with Crippen molar-refractivity contribution >= 4 is 23.0 Å². The van der Waals surface area contributed by atoms with E-state index >= 15 is 0 Å². The van der Waals surface area contributed by atoms with Crippen molar-refractivity contribution < 1.29 is 9.90 Å². The SMILES string of the molecule is CC(C)(CNc1ccsc1)C(=O)O. The Bertz CT molecular complexity index is 280. The van der Waals surface area contributed by atoms with Crippen LogP contribution in [0.15, 0.2) is 16.8 Å². The van der Waals surface area contributed by atoms with E-state index in [1.54, 1.807) is 25.2 Å². The molecule has 1 rings (SSSR count). The highest BCUT2D eigenvalue weighted by atomic mass is 32.1. The van der Waals surface area contributed by atoms with Crippen LogP contribution in [0.1, 0.15) is 13.8 Å². The lowest BCUT2D eigenvalue weighted by atomic mass is 9.94. The molecule has 0 amide bonds. The topological polar surface area (TPSA) is 49.3 Å². The normalized spacial score (nSPS) is 11.2. The zero-order valence-corrected chi connectivity index (χ0v) is 8.52. The second kappa shape index (κ2) is 3.79. The van der Waals surface area contributed by atoms with Crippen molar-refractivity contribution in [2.75, 3.05) is 11.9 Å². The smallest absolute Gasteiger partial charge is 0.310 e. The van der Waals surface area contributed by atoms with Crippen LogP contribution in [0.5, 0.6) is 0 Å². The maximum Gasteiger partial charge on any atom is 0.310 e. The van der Waals surface area contributed by atoms with Gasteiger partial charge in [0.2, 0.25) is 0 Å². The van der Waals surface area contributed by atoms with Gasteiger partial charge in [-0.3, -0.25) is 4.79 Å². The third-order valence-corrected chi connectivity index (χ3v) is 2.52. The van der Waals surface area contributed by atoms with Crippen LogP contribution >= 0.6 is 11.3 Å². The highest BCUT2D eigenvalue weighted by molar-refractivity contribution is 7.08. The summed E-state index contributed by atoms with van der Waals surface area (Å²) in [6, 6.07) is 1.93. The molecule has 0 aliphatic rings. The number of hydrogen-bond donors (Lipinski definition) is 2. The molecule has 4 heteroatoms. The fourth-order valence-corrected chi connectivity index (χ4v) is 1.38. The highest BCUT2D eigenvalue weighted by Crippen LogP contribution is 2.18. The van der Waals surface area contributed by atoms with Crippen molar-refractivity contribution in [1.82, 2.24) is 0 Å². The zero-order valence-electron chi connectivity index (χ0n) is 7.70. The molecule has 3 nitrogen and oxygen atoms in total. The molecule has 72 valence electrons. The summed E-state index contributed by atoms with van der Waals surface area (Å²) in [5, 5.41) is 15.8. The highest BCUT2D eigenvalue weighted by Gasteiger charge is 2.26. The Hall–Kier alpha value is -1.03. The molecular formula is C9H13NO2S. The monoisotopic (exact) mass is 199 g/mol. The van der Waals surface area contributed by atoms with Gasteiger partial charge in [0, 0.05) is 17.6 Å². The summed E-state index contributed by atoms with van der Waals surface area (Å²) >= 11 is 1.59. The van der Waals surface area contributed by atoms with Crippen LogP contribution in [-0.2, 0) is 4.79 Å². The third kappa shape index (κ3) is 2.73. The van der Waals surface area contributed by atoms with Crippen molar-refractivity contribution in [3.05, 3.63) is 16.8 Å². The lowest BCUT2D eigenvalue weighted by molar-refractivity contribution is -0.146. The van der Waals surface area contributed by atoms with E-state index in [0.717, 1.165) is 5.69 Å². The second-order valence-electron chi connectivity index (χ2n) is 3.55. The summed E-state index contributed by atoms with van der Waals surface area (Å²) < 4.78 is 0. The molecule has 0 saturated heterocycles. The molecule has 0 aromatic carbocycles. The molecule has 1 aromatic rings. The number of thiophene rings is 1. The number of carboxylic acids is 1. The minimum Gasteiger partial charge on any atom is -0.481 e. The summed E-state index contributed by atoms with van der Waals surface area (Å²) in [6.45, 7) is 3.85. The number of carboxylic acid groups (broad SMARTS) is 1. The Balaban J connectivity index is 2.47. The summed E-state index contributed by atoms with van der Waals surface area (Å²) in [6.07, 6.45) is 0. The van der Waals surface area contributed by atoms with Crippen LogP contribution in [0, 0.1) is 5.41 Å². The summed E-state index contributed by atoms with van der Waals surface area (Å²) in [5.41, 5.74) is 0.265. The largest absolute Gasteiger partial charge is 0.481 e. The molecule has 0 unspecified atom stereocenters. The minimum absolute atomic E-state index is 0.444. The fraction of sp³-hybridized carbons (Fsp3) is 0.444. The van der Waals surface area contributed by atoms with E-state index in [1.165, 1.54) is 0 Å². The van der Waals surface area contributed by atoms with Gasteiger partial charge in [-0.05, 0) is 25.3 Å². The summed E-state index contributed by atoms with van der Waals surface area (Å²) in [7, 11) is 0. The van der Waals surface area contributed by atoms with Crippen LogP contribution in [0.4, 0.5) is 5.69 Å². The van der Waals surface area contributed by atoms with Crippen LogP contribution in [0.25, 0.3) is 0 Å². The van der Waals surface area contributed by atoms with Crippen LogP contribution in [-0.4, -0.2) is 17.6 Å². The van der Waals surface area contributed by atoms with E-state index in [9.17, 15) is 4.79 Å². The number of carbonyl (C=O) groups is 1. The van der Waals surface area contributed by atoms with Crippen LogP contribution < -0.4 is 5.32 Å². The Morgan fingerprint density at radius 2 is 2.38 bits per heavy atom.